The third-order valence-corrected chi connectivity index (χ3v) is 10.1. The van der Waals surface area contributed by atoms with Crippen molar-refractivity contribution >= 4 is 28.1 Å². The highest BCUT2D eigenvalue weighted by molar-refractivity contribution is 5.97. The number of ether oxygens (including phenoxy) is 1. The maximum absolute atomic E-state index is 13.1. The smallest absolute Gasteiger partial charge is 0.318 e. The van der Waals surface area contributed by atoms with E-state index in [1.807, 2.05) is 30.3 Å². The van der Waals surface area contributed by atoms with Crippen LogP contribution < -0.4 is 14.5 Å². The summed E-state index contributed by atoms with van der Waals surface area (Å²) in [5.74, 6) is 1.01. The summed E-state index contributed by atoms with van der Waals surface area (Å²) in [6, 6.07) is 23.3. The number of carbonyl (C=O) groups is 1. The van der Waals surface area contributed by atoms with Gasteiger partial charge in [-0.05, 0) is 57.3 Å². The molecule has 0 bridgehead atoms. The Bertz CT molecular complexity index is 1790. The molecule has 9 nitrogen and oxygen atoms in total. The van der Waals surface area contributed by atoms with E-state index in [9.17, 15) is 4.79 Å². The number of anilines is 2. The maximum Gasteiger partial charge on any atom is 0.318 e. The number of carbonyl (C=O) groups excluding carboxylic acids is 1. The molecule has 4 aromatic rings. The molecule has 242 valence electrons. The lowest BCUT2D eigenvalue weighted by Gasteiger charge is -2.41. The van der Waals surface area contributed by atoms with E-state index in [2.05, 4.69) is 74.8 Å². The Balaban J connectivity index is 1.17. The van der Waals surface area contributed by atoms with Gasteiger partial charge in [-0.15, -0.1) is 0 Å². The summed E-state index contributed by atoms with van der Waals surface area (Å²) in [6.07, 6.45) is 3.11. The van der Waals surface area contributed by atoms with Crippen LogP contribution in [0.15, 0.2) is 66.7 Å². The number of likely N-dealkylation sites (tertiary alicyclic amines) is 1. The largest absolute Gasteiger partial charge is 0.462 e. The van der Waals surface area contributed by atoms with E-state index in [4.69, 9.17) is 21.3 Å². The van der Waals surface area contributed by atoms with Crippen LogP contribution in [0.2, 0.25) is 0 Å². The van der Waals surface area contributed by atoms with Crippen LogP contribution in [0, 0.1) is 13.5 Å². The molecule has 3 aliphatic heterocycles. The van der Waals surface area contributed by atoms with Crippen LogP contribution in [0.1, 0.15) is 40.0 Å². The van der Waals surface area contributed by atoms with E-state index < -0.39 is 0 Å². The molecule has 4 heterocycles. The van der Waals surface area contributed by atoms with Gasteiger partial charge in [-0.2, -0.15) is 9.97 Å². The molecule has 9 heteroatoms. The van der Waals surface area contributed by atoms with Gasteiger partial charge in [0.25, 0.3) is 0 Å². The predicted octanol–water partition coefficient (Wildman–Crippen LogP) is 5.27. The number of piperazine rings is 1. The zero-order valence-electron chi connectivity index (χ0n) is 27.4. The minimum absolute atomic E-state index is 0.0740. The quantitative estimate of drug-likeness (QED) is 0.183. The number of hydrogen-bond donors (Lipinski definition) is 0. The number of Topliss-reactive ketones (excluding diaryl/α,β-unsaturated/α-hetero) is 1. The molecule has 1 aromatic heterocycles. The average Bonchev–Trinajstić information content (AvgIpc) is 3.51. The number of benzene rings is 3. The maximum atomic E-state index is 13.1. The van der Waals surface area contributed by atoms with E-state index in [-0.39, 0.29) is 11.8 Å². The van der Waals surface area contributed by atoms with Crippen LogP contribution in [0.25, 0.3) is 15.6 Å². The van der Waals surface area contributed by atoms with Crippen molar-refractivity contribution in [3.05, 3.63) is 101 Å². The molecule has 2 fully saturated rings. The van der Waals surface area contributed by atoms with Gasteiger partial charge >= 0.3 is 6.01 Å². The molecule has 3 aromatic carbocycles. The fourth-order valence-corrected chi connectivity index (χ4v) is 7.40. The SMILES string of the molecule is [C-]#[N+]C[C@H]1CN(c2nc(OC[C@@H]3CCCN3C)nc3c2CCN(c2cccc4ccc(C)cc24)C3)CCN1CC(=O)c1ccccc1. The predicted molar refractivity (Wildman–Crippen MR) is 186 cm³/mol. The van der Waals surface area contributed by atoms with E-state index in [0.29, 0.717) is 56.9 Å². The molecule has 0 amide bonds. The molecular formula is C38H43N7O2. The number of hydrogen-bond acceptors (Lipinski definition) is 8. The van der Waals surface area contributed by atoms with Crippen molar-refractivity contribution in [1.29, 1.82) is 0 Å². The molecule has 0 spiro atoms. The first-order chi connectivity index (χ1) is 23.0. The molecule has 0 N–H and O–H groups in total. The van der Waals surface area contributed by atoms with Crippen molar-refractivity contribution in [1.82, 2.24) is 19.8 Å². The first-order valence-corrected chi connectivity index (χ1v) is 16.8. The van der Waals surface area contributed by atoms with Crippen molar-refractivity contribution in [3.63, 3.8) is 0 Å². The molecule has 47 heavy (non-hydrogen) atoms. The topological polar surface area (TPSA) is 69.4 Å². The Morgan fingerprint density at radius 1 is 0.979 bits per heavy atom. The number of likely N-dealkylation sites (N-methyl/N-ethyl adjacent to an activating group) is 1. The van der Waals surface area contributed by atoms with Crippen LogP contribution in [-0.2, 0) is 13.0 Å². The lowest BCUT2D eigenvalue weighted by atomic mass is 10.0. The van der Waals surface area contributed by atoms with Crippen LogP contribution in [0.5, 0.6) is 6.01 Å². The van der Waals surface area contributed by atoms with Gasteiger partial charge in [0.1, 0.15) is 18.5 Å². The number of fused-ring (bicyclic) bond motifs is 2. The molecular weight excluding hydrogens is 586 g/mol. The summed E-state index contributed by atoms with van der Waals surface area (Å²) in [5, 5.41) is 2.50. The van der Waals surface area contributed by atoms with E-state index in [1.165, 1.54) is 34.0 Å². The summed E-state index contributed by atoms with van der Waals surface area (Å²) in [5.41, 5.74) is 5.35. The molecule has 0 radical (unpaired) electrons. The number of ketones is 1. The minimum atomic E-state index is -0.0740. The van der Waals surface area contributed by atoms with Gasteiger partial charge in [-0.25, -0.2) is 6.57 Å². The molecule has 2 saturated heterocycles. The van der Waals surface area contributed by atoms with Gasteiger partial charge in [0.05, 0.1) is 18.8 Å². The first-order valence-electron chi connectivity index (χ1n) is 16.8. The number of aromatic nitrogens is 2. The summed E-state index contributed by atoms with van der Waals surface area (Å²) < 4.78 is 6.37. The monoisotopic (exact) mass is 629 g/mol. The second-order valence-electron chi connectivity index (χ2n) is 13.2. The summed E-state index contributed by atoms with van der Waals surface area (Å²) in [4.78, 5) is 36.3. The highest BCUT2D eigenvalue weighted by atomic mass is 16.5. The summed E-state index contributed by atoms with van der Waals surface area (Å²) in [7, 11) is 2.16. The van der Waals surface area contributed by atoms with Crippen molar-refractivity contribution in [2.24, 2.45) is 0 Å². The molecule has 3 aliphatic rings. The van der Waals surface area contributed by atoms with Gasteiger partial charge in [0, 0.05) is 54.4 Å². The number of rotatable bonds is 9. The molecule has 2 atom stereocenters. The molecule has 7 rings (SSSR count). The van der Waals surface area contributed by atoms with Crippen LogP contribution in [-0.4, -0.2) is 97.1 Å². The third kappa shape index (κ3) is 6.67. The Labute approximate surface area is 277 Å². The van der Waals surface area contributed by atoms with Crippen LogP contribution in [0.4, 0.5) is 11.5 Å². The Morgan fingerprint density at radius 3 is 2.66 bits per heavy atom. The second kappa shape index (κ2) is 13.7. The van der Waals surface area contributed by atoms with Gasteiger partial charge in [0.15, 0.2) is 5.78 Å². The summed E-state index contributed by atoms with van der Waals surface area (Å²) in [6.45, 7) is 15.7. The lowest BCUT2D eigenvalue weighted by Crippen LogP contribution is -2.56. The zero-order chi connectivity index (χ0) is 32.3. The van der Waals surface area contributed by atoms with Crippen LogP contribution >= 0.6 is 0 Å². The fourth-order valence-electron chi connectivity index (χ4n) is 7.40. The highest BCUT2D eigenvalue weighted by Gasteiger charge is 2.34. The Hall–Kier alpha value is -4.52. The van der Waals surface area contributed by atoms with E-state index in [0.717, 1.165) is 44.0 Å². The van der Waals surface area contributed by atoms with Crippen LogP contribution in [0.3, 0.4) is 0 Å². The van der Waals surface area contributed by atoms with Gasteiger partial charge in [-0.1, -0.05) is 60.2 Å². The highest BCUT2D eigenvalue weighted by Crippen LogP contribution is 2.35. The van der Waals surface area contributed by atoms with Gasteiger partial charge in [0.2, 0.25) is 6.54 Å². The average molecular weight is 630 g/mol. The van der Waals surface area contributed by atoms with Crippen molar-refractivity contribution in [3.8, 4) is 6.01 Å². The van der Waals surface area contributed by atoms with Gasteiger partial charge in [-0.3, -0.25) is 9.69 Å². The first kappa shape index (κ1) is 31.1. The fraction of sp³-hybridized carbons (Fsp3) is 0.421. The van der Waals surface area contributed by atoms with E-state index >= 15 is 0 Å². The van der Waals surface area contributed by atoms with Crippen molar-refractivity contribution in [2.75, 3.05) is 69.3 Å². The Kier molecular flexibility index (Phi) is 9.05. The van der Waals surface area contributed by atoms with Gasteiger partial charge < -0.3 is 24.3 Å². The lowest BCUT2D eigenvalue weighted by molar-refractivity contribution is 0.0885. The number of aryl methyl sites for hydroxylation is 1. The summed E-state index contributed by atoms with van der Waals surface area (Å²) >= 11 is 0. The van der Waals surface area contributed by atoms with E-state index in [1.54, 1.807) is 0 Å². The number of nitrogens with zero attached hydrogens (tertiary/aromatic N) is 7. The minimum Gasteiger partial charge on any atom is -0.462 e. The molecule has 0 unspecified atom stereocenters. The zero-order valence-corrected chi connectivity index (χ0v) is 27.4. The normalized spacial score (nSPS) is 20.3. The Morgan fingerprint density at radius 2 is 1.85 bits per heavy atom. The molecule has 0 saturated carbocycles. The molecule has 0 aliphatic carbocycles. The standard InChI is InChI=1S/C38H43N7O2/c1-27-14-15-28-11-7-13-35(33(28)21-27)44-18-16-32-34(24-44)40-38(47-26-30-12-8-17-42(30)3)41-37(32)45-20-19-43(31(23-45)22-39-2)25-36(46)29-9-5-4-6-10-29/h4-7,9-11,13-15,21,30-31H,8,12,16-20,22-26H2,1,3H3/t30-,31-/m0/s1. The van der Waals surface area contributed by atoms with Crippen molar-refractivity contribution in [2.45, 2.75) is 44.8 Å². The third-order valence-electron chi connectivity index (χ3n) is 10.1. The second-order valence-corrected chi connectivity index (χ2v) is 13.2. The van der Waals surface area contributed by atoms with Crippen molar-refractivity contribution < 1.29 is 9.53 Å².